The van der Waals surface area contributed by atoms with Gasteiger partial charge in [0.05, 0.1) is 11.3 Å². The van der Waals surface area contributed by atoms with Crippen LogP contribution in [0.1, 0.15) is 11.1 Å². The number of nitro benzene ring substituents is 1. The number of aliphatic carboxylic acids is 1. The van der Waals surface area contributed by atoms with Gasteiger partial charge in [0, 0.05) is 11.6 Å². The third-order valence-corrected chi connectivity index (χ3v) is 2.16. The van der Waals surface area contributed by atoms with Crippen LogP contribution in [-0.2, 0) is 11.2 Å². The lowest BCUT2D eigenvalue weighted by molar-refractivity contribution is -0.385. The zero-order valence-corrected chi connectivity index (χ0v) is 8.81. The average Bonchev–Trinajstić information content (AvgIpc) is 2.15. The van der Waals surface area contributed by atoms with Gasteiger partial charge in [-0.3, -0.25) is 10.1 Å². The minimum absolute atomic E-state index is 0.289. The van der Waals surface area contributed by atoms with Crippen molar-refractivity contribution in [1.29, 1.82) is 0 Å². The Morgan fingerprint density at radius 2 is 2.12 bits per heavy atom. The van der Waals surface area contributed by atoms with Crippen LogP contribution in [0.4, 0.5) is 14.5 Å². The lowest BCUT2D eigenvalue weighted by Crippen LogP contribution is -2.31. The lowest BCUT2D eigenvalue weighted by Gasteiger charge is -2.11. The second-order valence-electron chi connectivity index (χ2n) is 3.58. The highest BCUT2D eigenvalue weighted by atomic mass is 19.3. The van der Waals surface area contributed by atoms with Crippen LogP contribution in [0.5, 0.6) is 0 Å². The normalized spacial score (nSPS) is 11.2. The van der Waals surface area contributed by atoms with E-state index in [1.807, 2.05) is 0 Å². The highest BCUT2D eigenvalue weighted by Gasteiger charge is 2.40. The molecule has 0 aromatic heterocycles. The Balaban J connectivity index is 3.17. The molecule has 0 fully saturated rings. The first-order valence-corrected chi connectivity index (χ1v) is 4.59. The van der Waals surface area contributed by atoms with Crippen molar-refractivity contribution in [1.82, 2.24) is 0 Å². The molecule has 0 spiro atoms. The van der Waals surface area contributed by atoms with Gasteiger partial charge in [-0.15, -0.1) is 0 Å². The van der Waals surface area contributed by atoms with Crippen LogP contribution in [0, 0.1) is 17.0 Å². The Bertz CT molecular complexity index is 473. The van der Waals surface area contributed by atoms with Gasteiger partial charge >= 0.3 is 11.9 Å². The number of carboxylic acid groups (broad SMARTS) is 1. The van der Waals surface area contributed by atoms with Crippen LogP contribution < -0.4 is 0 Å². The van der Waals surface area contributed by atoms with Crippen LogP contribution in [0.2, 0.25) is 0 Å². The fourth-order valence-corrected chi connectivity index (χ4v) is 1.35. The quantitative estimate of drug-likeness (QED) is 0.651. The number of nitrogens with zero attached hydrogens (tertiary/aromatic N) is 1. The van der Waals surface area contributed by atoms with E-state index in [0.717, 1.165) is 6.07 Å². The number of nitro groups is 1. The number of carboxylic acids is 1. The summed E-state index contributed by atoms with van der Waals surface area (Å²) in [6.07, 6.45) is -1.19. The number of rotatable bonds is 4. The van der Waals surface area contributed by atoms with Crippen molar-refractivity contribution in [3.05, 3.63) is 39.4 Å². The van der Waals surface area contributed by atoms with Crippen molar-refractivity contribution >= 4 is 11.7 Å². The van der Waals surface area contributed by atoms with Crippen molar-refractivity contribution in [3.8, 4) is 0 Å². The lowest BCUT2D eigenvalue weighted by atomic mass is 10.0. The number of hydrogen-bond donors (Lipinski definition) is 1. The minimum atomic E-state index is -4.02. The number of carbonyl (C=O) groups is 1. The van der Waals surface area contributed by atoms with Gasteiger partial charge < -0.3 is 5.11 Å². The molecule has 0 bridgehead atoms. The van der Waals surface area contributed by atoms with Crippen molar-refractivity contribution in [2.24, 2.45) is 0 Å². The highest BCUT2D eigenvalue weighted by molar-refractivity contribution is 5.76. The molecule has 0 saturated heterocycles. The van der Waals surface area contributed by atoms with Crippen molar-refractivity contribution in [2.75, 3.05) is 0 Å². The summed E-state index contributed by atoms with van der Waals surface area (Å²) in [4.78, 5) is 20.1. The Hall–Kier alpha value is -2.05. The van der Waals surface area contributed by atoms with E-state index in [0.29, 0.717) is 5.56 Å². The fraction of sp³-hybridized carbons (Fsp3) is 0.300. The van der Waals surface area contributed by atoms with Gasteiger partial charge in [0.1, 0.15) is 0 Å². The third-order valence-electron chi connectivity index (χ3n) is 2.16. The standard InChI is InChI=1S/C10H9F2NO4/c1-6-2-3-8(13(16)17)7(4-6)5-10(11,12)9(14)15/h2-4H,5H2,1H3,(H,14,15). The molecule has 7 heteroatoms. The van der Waals surface area contributed by atoms with Crippen LogP contribution in [0.25, 0.3) is 0 Å². The van der Waals surface area contributed by atoms with E-state index in [4.69, 9.17) is 5.11 Å². The largest absolute Gasteiger partial charge is 0.477 e. The molecule has 1 N–H and O–H groups in total. The van der Waals surface area contributed by atoms with Gasteiger partial charge in [-0.1, -0.05) is 11.6 Å². The maximum Gasteiger partial charge on any atom is 0.374 e. The van der Waals surface area contributed by atoms with E-state index in [1.165, 1.54) is 12.1 Å². The van der Waals surface area contributed by atoms with E-state index >= 15 is 0 Å². The monoisotopic (exact) mass is 245 g/mol. The number of hydrogen-bond acceptors (Lipinski definition) is 3. The molecule has 0 radical (unpaired) electrons. The summed E-state index contributed by atoms with van der Waals surface area (Å²) in [5.74, 6) is -6.31. The maximum atomic E-state index is 13.0. The molecule has 1 rings (SSSR count). The fourth-order valence-electron chi connectivity index (χ4n) is 1.35. The van der Waals surface area contributed by atoms with E-state index in [-0.39, 0.29) is 5.56 Å². The third kappa shape index (κ3) is 2.96. The van der Waals surface area contributed by atoms with Gasteiger partial charge in [0.25, 0.3) is 5.69 Å². The summed E-state index contributed by atoms with van der Waals surface area (Å²) >= 11 is 0. The van der Waals surface area contributed by atoms with Crippen molar-refractivity contribution in [2.45, 2.75) is 19.3 Å². The van der Waals surface area contributed by atoms with Gasteiger partial charge in [-0.25, -0.2) is 4.79 Å². The molecule has 1 aromatic rings. The second kappa shape index (κ2) is 4.44. The number of aryl methyl sites for hydroxylation is 1. The van der Waals surface area contributed by atoms with Gasteiger partial charge in [0.2, 0.25) is 0 Å². The predicted octanol–water partition coefficient (Wildman–Crippen LogP) is 2.17. The smallest absolute Gasteiger partial charge is 0.374 e. The summed E-state index contributed by atoms with van der Waals surface area (Å²) in [6.45, 7) is 1.58. The van der Waals surface area contributed by atoms with Crippen LogP contribution >= 0.6 is 0 Å². The molecule has 0 aliphatic heterocycles. The molecule has 0 unspecified atom stereocenters. The summed E-state index contributed by atoms with van der Waals surface area (Å²) in [5, 5.41) is 18.9. The zero-order valence-electron chi connectivity index (χ0n) is 8.81. The Labute approximate surface area is 94.8 Å². The minimum Gasteiger partial charge on any atom is -0.477 e. The first-order chi connectivity index (χ1) is 7.74. The topological polar surface area (TPSA) is 80.4 Å². The Morgan fingerprint density at radius 3 is 2.59 bits per heavy atom. The summed E-state index contributed by atoms with van der Waals surface area (Å²) < 4.78 is 26.0. The first-order valence-electron chi connectivity index (χ1n) is 4.59. The van der Waals surface area contributed by atoms with E-state index < -0.39 is 28.9 Å². The van der Waals surface area contributed by atoms with Gasteiger partial charge in [-0.05, 0) is 13.0 Å². The molecule has 0 aliphatic rings. The van der Waals surface area contributed by atoms with Gasteiger partial charge in [0.15, 0.2) is 0 Å². The molecule has 5 nitrogen and oxygen atoms in total. The molecule has 0 aliphatic carbocycles. The van der Waals surface area contributed by atoms with Crippen molar-refractivity contribution < 1.29 is 23.6 Å². The zero-order chi connectivity index (χ0) is 13.2. The maximum absolute atomic E-state index is 13.0. The number of alkyl halides is 2. The molecular formula is C10H9F2NO4. The average molecular weight is 245 g/mol. The second-order valence-corrected chi connectivity index (χ2v) is 3.58. The van der Waals surface area contributed by atoms with Gasteiger partial charge in [-0.2, -0.15) is 8.78 Å². The predicted molar refractivity (Wildman–Crippen MR) is 54.1 cm³/mol. The van der Waals surface area contributed by atoms with Crippen LogP contribution in [0.15, 0.2) is 18.2 Å². The number of benzene rings is 1. The molecule has 17 heavy (non-hydrogen) atoms. The van der Waals surface area contributed by atoms with E-state index in [2.05, 4.69) is 0 Å². The van der Waals surface area contributed by atoms with Crippen molar-refractivity contribution in [3.63, 3.8) is 0 Å². The molecule has 0 atom stereocenters. The Kier molecular flexibility index (Phi) is 3.40. The van der Waals surface area contributed by atoms with E-state index in [1.54, 1.807) is 6.92 Å². The number of halogens is 2. The SMILES string of the molecule is Cc1ccc([N+](=O)[O-])c(CC(F)(F)C(=O)O)c1. The summed E-state index contributed by atoms with van der Waals surface area (Å²) in [7, 11) is 0. The van der Waals surface area contributed by atoms with Crippen LogP contribution in [-0.4, -0.2) is 21.9 Å². The summed E-state index contributed by atoms with van der Waals surface area (Å²) in [6, 6.07) is 3.68. The molecule has 92 valence electrons. The summed E-state index contributed by atoms with van der Waals surface area (Å²) in [5.41, 5.74) is -0.245. The molecule has 0 heterocycles. The Morgan fingerprint density at radius 1 is 1.53 bits per heavy atom. The molecule has 0 saturated carbocycles. The molecule has 1 aromatic carbocycles. The van der Waals surface area contributed by atoms with Crippen LogP contribution in [0.3, 0.4) is 0 Å². The molecular weight excluding hydrogens is 236 g/mol. The first kappa shape index (κ1) is 13.0. The molecule has 0 amide bonds. The van der Waals surface area contributed by atoms with E-state index in [9.17, 15) is 23.7 Å². The highest BCUT2D eigenvalue weighted by Crippen LogP contribution is 2.27.